The summed E-state index contributed by atoms with van der Waals surface area (Å²) in [6.45, 7) is 0.836. The zero-order chi connectivity index (χ0) is 14.7. The van der Waals surface area contributed by atoms with Gasteiger partial charge in [-0.25, -0.2) is 0 Å². The Morgan fingerprint density at radius 2 is 2.10 bits per heavy atom. The van der Waals surface area contributed by atoms with Gasteiger partial charge in [0.15, 0.2) is 17.3 Å². The van der Waals surface area contributed by atoms with Gasteiger partial charge in [-0.1, -0.05) is 0 Å². The topological polar surface area (TPSA) is 78.6 Å². The van der Waals surface area contributed by atoms with Gasteiger partial charge in [0.05, 0.1) is 12.7 Å². The Balaban J connectivity index is 1.98. The molecule has 0 radical (unpaired) electrons. The molecule has 6 heteroatoms. The average molecular weight is 275 g/mol. The number of aromatic hydroxyl groups is 2. The number of likely N-dealkylation sites (N-methyl/N-ethyl adjacent to an activating group) is 1. The van der Waals surface area contributed by atoms with E-state index in [9.17, 15) is 15.0 Å². The van der Waals surface area contributed by atoms with Crippen molar-refractivity contribution in [2.24, 2.45) is 7.05 Å². The largest absolute Gasteiger partial charge is 0.504 e. The molecule has 0 bridgehead atoms. The summed E-state index contributed by atoms with van der Waals surface area (Å²) in [5, 5.41) is 22.7. The number of aromatic nitrogens is 2. The minimum absolute atomic E-state index is 0.119. The SMILES string of the molecule is CN(CC(=O)c1ccc(O)c(O)c1)Cc1cnn(C)c1. The number of carbonyl (C=O) groups is 1. The third-order valence-corrected chi connectivity index (χ3v) is 2.92. The number of hydrogen-bond donors (Lipinski definition) is 2. The van der Waals surface area contributed by atoms with Crippen molar-refractivity contribution in [2.45, 2.75) is 6.54 Å². The van der Waals surface area contributed by atoms with E-state index in [1.54, 1.807) is 10.9 Å². The highest BCUT2D eigenvalue weighted by Gasteiger charge is 2.12. The van der Waals surface area contributed by atoms with Crippen LogP contribution in [0.15, 0.2) is 30.6 Å². The Bertz CT molecular complexity index is 622. The highest BCUT2D eigenvalue weighted by Crippen LogP contribution is 2.25. The van der Waals surface area contributed by atoms with Crippen molar-refractivity contribution >= 4 is 5.78 Å². The lowest BCUT2D eigenvalue weighted by atomic mass is 10.1. The smallest absolute Gasteiger partial charge is 0.176 e. The zero-order valence-corrected chi connectivity index (χ0v) is 11.4. The fourth-order valence-corrected chi connectivity index (χ4v) is 1.95. The molecule has 1 aromatic heterocycles. The summed E-state index contributed by atoms with van der Waals surface area (Å²) in [5.74, 6) is -0.636. The van der Waals surface area contributed by atoms with Gasteiger partial charge in [0, 0.05) is 30.9 Å². The summed E-state index contributed by atoms with van der Waals surface area (Å²) in [5.41, 5.74) is 1.40. The molecule has 0 saturated heterocycles. The van der Waals surface area contributed by atoms with Gasteiger partial charge in [-0.2, -0.15) is 5.10 Å². The maximum Gasteiger partial charge on any atom is 0.176 e. The van der Waals surface area contributed by atoms with Gasteiger partial charge >= 0.3 is 0 Å². The first-order chi connectivity index (χ1) is 9.45. The Kier molecular flexibility index (Phi) is 4.05. The minimum atomic E-state index is -0.286. The van der Waals surface area contributed by atoms with E-state index in [2.05, 4.69) is 5.10 Å². The van der Waals surface area contributed by atoms with Crippen LogP contribution in [0.1, 0.15) is 15.9 Å². The Morgan fingerprint density at radius 1 is 1.35 bits per heavy atom. The number of phenols is 2. The fraction of sp³-hybridized carbons (Fsp3) is 0.286. The number of hydrogen-bond acceptors (Lipinski definition) is 5. The van der Waals surface area contributed by atoms with Crippen molar-refractivity contribution < 1.29 is 15.0 Å². The van der Waals surface area contributed by atoms with Crippen molar-refractivity contribution in [1.29, 1.82) is 0 Å². The van der Waals surface area contributed by atoms with Gasteiger partial charge in [-0.3, -0.25) is 14.4 Å². The first kappa shape index (κ1) is 14.1. The fourth-order valence-electron chi connectivity index (χ4n) is 1.95. The molecule has 0 aliphatic carbocycles. The second-order valence-corrected chi connectivity index (χ2v) is 4.82. The number of phenolic OH excluding ortho intramolecular Hbond substituents is 2. The van der Waals surface area contributed by atoms with Crippen LogP contribution < -0.4 is 0 Å². The maximum atomic E-state index is 12.1. The third kappa shape index (κ3) is 3.36. The standard InChI is InChI=1S/C14H17N3O3/c1-16(7-10-6-15-17(2)8-10)9-14(20)11-3-4-12(18)13(19)5-11/h3-6,8,18-19H,7,9H2,1-2H3. The molecular formula is C14H17N3O3. The number of benzene rings is 1. The van der Waals surface area contributed by atoms with Crippen LogP contribution in [0.2, 0.25) is 0 Å². The van der Waals surface area contributed by atoms with Gasteiger partial charge in [-0.15, -0.1) is 0 Å². The number of Topliss-reactive ketones (excluding diaryl/α,β-unsaturated/α-hetero) is 1. The normalized spacial score (nSPS) is 10.9. The molecular weight excluding hydrogens is 258 g/mol. The molecule has 2 rings (SSSR count). The lowest BCUT2D eigenvalue weighted by molar-refractivity contribution is 0.0942. The Labute approximate surface area is 116 Å². The molecule has 0 atom stereocenters. The maximum absolute atomic E-state index is 12.1. The molecule has 0 aliphatic heterocycles. The van der Waals surface area contributed by atoms with Crippen LogP contribution in [0.5, 0.6) is 11.5 Å². The summed E-state index contributed by atoms with van der Waals surface area (Å²) in [7, 11) is 3.68. The van der Waals surface area contributed by atoms with Crippen LogP contribution >= 0.6 is 0 Å². The molecule has 1 aromatic carbocycles. The molecule has 2 aromatic rings. The van der Waals surface area contributed by atoms with Gasteiger partial charge in [0.1, 0.15) is 0 Å². The number of carbonyl (C=O) groups excluding carboxylic acids is 1. The van der Waals surface area contributed by atoms with Crippen LogP contribution in [0, 0.1) is 0 Å². The lowest BCUT2D eigenvalue weighted by Gasteiger charge is -2.14. The van der Waals surface area contributed by atoms with Crippen molar-refractivity contribution in [1.82, 2.24) is 14.7 Å². The molecule has 0 saturated carbocycles. The van der Waals surface area contributed by atoms with E-state index in [1.807, 2.05) is 25.2 Å². The summed E-state index contributed by atoms with van der Waals surface area (Å²) < 4.78 is 1.71. The lowest BCUT2D eigenvalue weighted by Crippen LogP contribution is -2.25. The predicted octanol–water partition coefficient (Wildman–Crippen LogP) is 1.15. The molecule has 20 heavy (non-hydrogen) atoms. The number of aryl methyl sites for hydroxylation is 1. The van der Waals surface area contributed by atoms with E-state index in [1.165, 1.54) is 18.2 Å². The van der Waals surface area contributed by atoms with E-state index in [0.717, 1.165) is 5.56 Å². The van der Waals surface area contributed by atoms with Crippen LogP contribution in [0.3, 0.4) is 0 Å². The molecule has 0 unspecified atom stereocenters. The summed E-state index contributed by atoms with van der Waals surface area (Å²) in [4.78, 5) is 13.9. The molecule has 0 aliphatic rings. The number of nitrogens with zero attached hydrogens (tertiary/aromatic N) is 3. The molecule has 0 amide bonds. The van der Waals surface area contributed by atoms with E-state index >= 15 is 0 Å². The quantitative estimate of drug-likeness (QED) is 0.632. The highest BCUT2D eigenvalue weighted by molar-refractivity contribution is 5.98. The monoisotopic (exact) mass is 275 g/mol. The van der Waals surface area contributed by atoms with E-state index in [4.69, 9.17) is 0 Å². The van der Waals surface area contributed by atoms with Crippen LogP contribution in [-0.2, 0) is 13.6 Å². The Morgan fingerprint density at radius 3 is 2.70 bits per heavy atom. The van der Waals surface area contributed by atoms with Crippen LogP contribution in [0.4, 0.5) is 0 Å². The molecule has 1 heterocycles. The first-order valence-electron chi connectivity index (χ1n) is 6.17. The zero-order valence-electron chi connectivity index (χ0n) is 11.4. The van der Waals surface area contributed by atoms with E-state index < -0.39 is 0 Å². The van der Waals surface area contributed by atoms with E-state index in [0.29, 0.717) is 12.1 Å². The molecule has 0 spiro atoms. The summed E-state index contributed by atoms with van der Waals surface area (Å²) in [6.07, 6.45) is 3.65. The summed E-state index contributed by atoms with van der Waals surface area (Å²) >= 11 is 0. The summed E-state index contributed by atoms with van der Waals surface area (Å²) in [6, 6.07) is 4.08. The first-order valence-corrected chi connectivity index (χ1v) is 6.17. The molecule has 106 valence electrons. The Hall–Kier alpha value is -2.34. The van der Waals surface area contributed by atoms with Gasteiger partial charge in [0.2, 0.25) is 0 Å². The molecule has 0 fully saturated rings. The van der Waals surface area contributed by atoms with Gasteiger partial charge in [-0.05, 0) is 25.2 Å². The van der Waals surface area contributed by atoms with Crippen LogP contribution in [-0.4, -0.2) is 44.3 Å². The van der Waals surface area contributed by atoms with Crippen molar-refractivity contribution in [2.75, 3.05) is 13.6 Å². The van der Waals surface area contributed by atoms with E-state index in [-0.39, 0.29) is 23.8 Å². The molecule has 6 nitrogen and oxygen atoms in total. The van der Waals surface area contributed by atoms with Gasteiger partial charge in [0.25, 0.3) is 0 Å². The molecule has 2 N–H and O–H groups in total. The van der Waals surface area contributed by atoms with Crippen molar-refractivity contribution in [3.63, 3.8) is 0 Å². The number of rotatable bonds is 5. The number of ketones is 1. The minimum Gasteiger partial charge on any atom is -0.504 e. The van der Waals surface area contributed by atoms with Crippen molar-refractivity contribution in [3.05, 3.63) is 41.7 Å². The van der Waals surface area contributed by atoms with Gasteiger partial charge < -0.3 is 10.2 Å². The predicted molar refractivity (Wildman–Crippen MR) is 73.6 cm³/mol. The highest BCUT2D eigenvalue weighted by atomic mass is 16.3. The second-order valence-electron chi connectivity index (χ2n) is 4.82. The van der Waals surface area contributed by atoms with Crippen LogP contribution in [0.25, 0.3) is 0 Å². The average Bonchev–Trinajstić information content (AvgIpc) is 2.77. The second kappa shape index (κ2) is 5.75. The van der Waals surface area contributed by atoms with Crippen molar-refractivity contribution in [3.8, 4) is 11.5 Å². The third-order valence-electron chi connectivity index (χ3n) is 2.92.